The molecule has 1 heterocycles. The van der Waals surface area contributed by atoms with E-state index in [2.05, 4.69) is 5.32 Å². The topological polar surface area (TPSA) is 72.2 Å². The quantitative estimate of drug-likeness (QED) is 0.769. The van der Waals surface area contributed by atoms with Crippen LogP contribution in [0.2, 0.25) is 0 Å². The summed E-state index contributed by atoms with van der Waals surface area (Å²) in [6, 6.07) is 0. The third-order valence-electron chi connectivity index (χ3n) is 1.95. The number of primary amides is 1. The summed E-state index contributed by atoms with van der Waals surface area (Å²) < 4.78 is 0. The van der Waals surface area contributed by atoms with Gasteiger partial charge >= 0.3 is 0 Å². The van der Waals surface area contributed by atoms with Gasteiger partial charge in [-0.15, -0.1) is 11.3 Å². The van der Waals surface area contributed by atoms with E-state index in [4.69, 9.17) is 5.73 Å². The van der Waals surface area contributed by atoms with Crippen LogP contribution in [-0.2, 0) is 4.79 Å². The number of rotatable bonds is 3. The molecule has 2 amide bonds. The van der Waals surface area contributed by atoms with E-state index in [1.165, 1.54) is 11.3 Å². The van der Waals surface area contributed by atoms with E-state index in [-0.39, 0.29) is 12.5 Å². The van der Waals surface area contributed by atoms with Crippen molar-refractivity contribution in [2.24, 2.45) is 5.73 Å². The van der Waals surface area contributed by atoms with Crippen molar-refractivity contribution in [1.29, 1.82) is 0 Å². The lowest BCUT2D eigenvalue weighted by Crippen LogP contribution is -2.33. The van der Waals surface area contributed by atoms with Gasteiger partial charge in [0.05, 0.1) is 12.1 Å². The van der Waals surface area contributed by atoms with Crippen LogP contribution in [0.15, 0.2) is 5.38 Å². The Labute approximate surface area is 86.1 Å². The van der Waals surface area contributed by atoms with Crippen molar-refractivity contribution < 1.29 is 9.59 Å². The maximum absolute atomic E-state index is 11.5. The molecule has 0 bridgehead atoms. The molecule has 4 nitrogen and oxygen atoms in total. The number of hydrogen-bond donors (Lipinski definition) is 2. The first-order chi connectivity index (χ1) is 6.52. The molecule has 0 aliphatic carbocycles. The van der Waals surface area contributed by atoms with Crippen LogP contribution in [0.1, 0.15) is 20.8 Å². The third kappa shape index (κ3) is 2.32. The molecule has 0 fully saturated rings. The van der Waals surface area contributed by atoms with E-state index >= 15 is 0 Å². The maximum Gasteiger partial charge on any atom is 0.252 e. The van der Waals surface area contributed by atoms with Gasteiger partial charge in [0.1, 0.15) is 0 Å². The standard InChI is InChI=1S/C9H12N2O2S/c1-5-6(2)14-4-7(5)9(13)11-3-8(10)12/h4H,3H2,1-2H3,(H2,10,12)(H,11,13). The van der Waals surface area contributed by atoms with E-state index in [0.717, 1.165) is 10.4 Å². The summed E-state index contributed by atoms with van der Waals surface area (Å²) in [4.78, 5) is 23.0. The van der Waals surface area contributed by atoms with Crippen molar-refractivity contribution in [1.82, 2.24) is 5.32 Å². The number of nitrogens with one attached hydrogen (secondary N) is 1. The second-order valence-corrected chi connectivity index (χ2v) is 4.06. The largest absolute Gasteiger partial charge is 0.368 e. The second-order valence-electron chi connectivity index (χ2n) is 2.98. The molecule has 1 rings (SSSR count). The summed E-state index contributed by atoms with van der Waals surface area (Å²) in [5.74, 6) is -0.784. The van der Waals surface area contributed by atoms with Gasteiger partial charge in [-0.2, -0.15) is 0 Å². The Kier molecular flexibility index (Phi) is 3.24. The van der Waals surface area contributed by atoms with E-state index < -0.39 is 5.91 Å². The minimum Gasteiger partial charge on any atom is -0.368 e. The monoisotopic (exact) mass is 212 g/mol. The zero-order chi connectivity index (χ0) is 10.7. The predicted molar refractivity (Wildman–Crippen MR) is 55.3 cm³/mol. The number of carbonyl (C=O) groups excluding carboxylic acids is 2. The zero-order valence-electron chi connectivity index (χ0n) is 8.09. The average Bonchev–Trinajstić information content (AvgIpc) is 2.44. The van der Waals surface area contributed by atoms with Gasteiger partial charge in [-0.1, -0.05) is 0 Å². The zero-order valence-corrected chi connectivity index (χ0v) is 8.90. The molecule has 1 aromatic heterocycles. The van der Waals surface area contributed by atoms with Crippen LogP contribution in [0.5, 0.6) is 0 Å². The normalized spacial score (nSPS) is 9.86. The minimum absolute atomic E-state index is 0.118. The Hall–Kier alpha value is -1.36. The maximum atomic E-state index is 11.5. The summed E-state index contributed by atoms with van der Waals surface area (Å²) in [5.41, 5.74) is 6.49. The van der Waals surface area contributed by atoms with Gasteiger partial charge in [-0.05, 0) is 19.4 Å². The summed E-state index contributed by atoms with van der Waals surface area (Å²) in [5, 5.41) is 4.22. The van der Waals surface area contributed by atoms with E-state index in [1.807, 2.05) is 13.8 Å². The summed E-state index contributed by atoms with van der Waals surface area (Å²) in [6.07, 6.45) is 0. The number of nitrogens with two attached hydrogens (primary N) is 1. The summed E-state index contributed by atoms with van der Waals surface area (Å²) in [6.45, 7) is 3.71. The molecule has 0 aliphatic heterocycles. The molecule has 0 radical (unpaired) electrons. The van der Waals surface area contributed by atoms with Crippen molar-refractivity contribution in [3.8, 4) is 0 Å². The molecule has 14 heavy (non-hydrogen) atoms. The molecule has 0 saturated carbocycles. The Morgan fingerprint density at radius 3 is 2.57 bits per heavy atom. The number of amides is 2. The highest BCUT2D eigenvalue weighted by Crippen LogP contribution is 2.19. The fourth-order valence-corrected chi connectivity index (χ4v) is 1.87. The second kappa shape index (κ2) is 4.23. The van der Waals surface area contributed by atoms with Gasteiger partial charge in [-0.25, -0.2) is 0 Å². The van der Waals surface area contributed by atoms with E-state index in [9.17, 15) is 9.59 Å². The Morgan fingerprint density at radius 2 is 2.14 bits per heavy atom. The number of aryl methyl sites for hydroxylation is 1. The molecule has 0 saturated heterocycles. The molecule has 0 unspecified atom stereocenters. The Bertz CT molecular complexity index is 371. The van der Waals surface area contributed by atoms with Crippen molar-refractivity contribution >= 4 is 23.2 Å². The lowest BCUT2D eigenvalue weighted by molar-refractivity contribution is -0.117. The molecule has 1 aromatic rings. The van der Waals surface area contributed by atoms with Crippen molar-refractivity contribution in [2.75, 3.05) is 6.54 Å². The highest BCUT2D eigenvalue weighted by atomic mass is 32.1. The molecule has 0 aromatic carbocycles. The van der Waals surface area contributed by atoms with Crippen LogP contribution < -0.4 is 11.1 Å². The van der Waals surface area contributed by atoms with Gasteiger partial charge in [0.25, 0.3) is 5.91 Å². The molecule has 76 valence electrons. The van der Waals surface area contributed by atoms with Gasteiger partial charge in [0.15, 0.2) is 0 Å². The highest BCUT2D eigenvalue weighted by molar-refractivity contribution is 7.10. The molecular formula is C9H12N2O2S. The van der Waals surface area contributed by atoms with Gasteiger partial charge in [0, 0.05) is 10.3 Å². The smallest absolute Gasteiger partial charge is 0.252 e. The van der Waals surface area contributed by atoms with Gasteiger partial charge in [-0.3, -0.25) is 9.59 Å². The van der Waals surface area contributed by atoms with Gasteiger partial charge in [0.2, 0.25) is 5.91 Å². The lowest BCUT2D eigenvalue weighted by atomic mass is 10.2. The first-order valence-corrected chi connectivity index (χ1v) is 5.01. The van der Waals surface area contributed by atoms with E-state index in [0.29, 0.717) is 5.56 Å². The SMILES string of the molecule is Cc1scc(C(=O)NCC(N)=O)c1C. The molecule has 5 heteroatoms. The first-order valence-electron chi connectivity index (χ1n) is 4.13. The summed E-state index contributed by atoms with van der Waals surface area (Å²) in [7, 11) is 0. The van der Waals surface area contributed by atoms with Crippen LogP contribution in [0.4, 0.5) is 0 Å². The van der Waals surface area contributed by atoms with Gasteiger partial charge < -0.3 is 11.1 Å². The number of thiophene rings is 1. The third-order valence-corrected chi connectivity index (χ3v) is 2.97. The fraction of sp³-hybridized carbons (Fsp3) is 0.333. The van der Waals surface area contributed by atoms with Crippen LogP contribution >= 0.6 is 11.3 Å². The molecule has 3 N–H and O–H groups in total. The highest BCUT2D eigenvalue weighted by Gasteiger charge is 2.12. The van der Waals surface area contributed by atoms with E-state index in [1.54, 1.807) is 5.38 Å². The minimum atomic E-state index is -0.539. The Balaban J connectivity index is 2.70. The molecular weight excluding hydrogens is 200 g/mol. The molecule has 0 spiro atoms. The molecule has 0 aliphatic rings. The van der Waals surface area contributed by atoms with Crippen molar-refractivity contribution in [3.63, 3.8) is 0 Å². The van der Waals surface area contributed by atoms with Crippen LogP contribution in [0.25, 0.3) is 0 Å². The number of hydrogen-bond acceptors (Lipinski definition) is 3. The average molecular weight is 212 g/mol. The predicted octanol–water partition coefficient (Wildman–Crippen LogP) is 0.580. The Morgan fingerprint density at radius 1 is 1.50 bits per heavy atom. The van der Waals surface area contributed by atoms with Crippen molar-refractivity contribution in [2.45, 2.75) is 13.8 Å². The first kappa shape index (κ1) is 10.7. The fourth-order valence-electron chi connectivity index (χ4n) is 1.00. The number of carbonyl (C=O) groups is 2. The lowest BCUT2D eigenvalue weighted by Gasteiger charge is -2.01. The van der Waals surface area contributed by atoms with Crippen LogP contribution in [-0.4, -0.2) is 18.4 Å². The molecule has 0 atom stereocenters. The van der Waals surface area contributed by atoms with Crippen LogP contribution in [0.3, 0.4) is 0 Å². The van der Waals surface area contributed by atoms with Crippen molar-refractivity contribution in [3.05, 3.63) is 21.4 Å². The summed E-state index contributed by atoms with van der Waals surface area (Å²) >= 11 is 1.52. The van der Waals surface area contributed by atoms with Crippen LogP contribution in [0, 0.1) is 13.8 Å².